The number of rotatable bonds is 3. The zero-order chi connectivity index (χ0) is 13.2. The van der Waals surface area contributed by atoms with Crippen LogP contribution in [0.15, 0.2) is 29.2 Å². The second kappa shape index (κ2) is 5.19. The summed E-state index contributed by atoms with van der Waals surface area (Å²) < 4.78 is 48.5. The van der Waals surface area contributed by atoms with E-state index in [1.807, 2.05) is 4.90 Å². The van der Waals surface area contributed by atoms with Crippen LogP contribution in [-0.2, 0) is 9.84 Å². The molecule has 4 nitrogen and oxygen atoms in total. The Balaban J connectivity index is 2.42. The predicted molar refractivity (Wildman–Crippen MR) is 64.7 cm³/mol. The Bertz CT molecular complexity index is 514. The number of sulfone groups is 1. The van der Waals surface area contributed by atoms with E-state index in [9.17, 15) is 17.2 Å². The Morgan fingerprint density at radius 3 is 2.39 bits per heavy atom. The molecule has 0 amide bonds. The number of piperazine rings is 1. The molecule has 18 heavy (non-hydrogen) atoms. The highest BCUT2D eigenvalue weighted by molar-refractivity contribution is 7.91. The lowest BCUT2D eigenvalue weighted by Gasteiger charge is -2.30. The van der Waals surface area contributed by atoms with Gasteiger partial charge in [-0.2, -0.15) is 8.78 Å². The number of alkyl halides is 2. The fourth-order valence-electron chi connectivity index (χ4n) is 1.96. The van der Waals surface area contributed by atoms with Crippen molar-refractivity contribution in [2.45, 2.75) is 10.7 Å². The average molecular weight is 276 g/mol. The third-order valence-electron chi connectivity index (χ3n) is 2.86. The monoisotopic (exact) mass is 276 g/mol. The molecule has 1 aliphatic rings. The Morgan fingerprint density at radius 2 is 1.78 bits per heavy atom. The van der Waals surface area contributed by atoms with Gasteiger partial charge < -0.3 is 10.2 Å². The third-order valence-corrected chi connectivity index (χ3v) is 4.29. The second-order valence-corrected chi connectivity index (χ2v) is 5.90. The first-order valence-corrected chi connectivity index (χ1v) is 7.15. The molecular weight excluding hydrogens is 262 g/mol. The van der Waals surface area contributed by atoms with Crippen LogP contribution in [0.25, 0.3) is 0 Å². The molecular formula is C11H14F2N2O2S. The summed E-state index contributed by atoms with van der Waals surface area (Å²) in [7, 11) is -4.55. The van der Waals surface area contributed by atoms with Crippen molar-refractivity contribution in [3.05, 3.63) is 24.3 Å². The number of nitrogens with one attached hydrogen (secondary N) is 1. The Kier molecular flexibility index (Phi) is 3.82. The van der Waals surface area contributed by atoms with Gasteiger partial charge in [-0.1, -0.05) is 12.1 Å². The van der Waals surface area contributed by atoms with Crippen LogP contribution in [0.2, 0.25) is 0 Å². The number of benzene rings is 1. The summed E-state index contributed by atoms with van der Waals surface area (Å²) >= 11 is 0. The van der Waals surface area contributed by atoms with E-state index in [0.29, 0.717) is 31.9 Å². The van der Waals surface area contributed by atoms with Crippen molar-refractivity contribution in [3.8, 4) is 0 Å². The first-order valence-electron chi connectivity index (χ1n) is 5.60. The van der Waals surface area contributed by atoms with Crippen LogP contribution in [0.3, 0.4) is 0 Å². The van der Waals surface area contributed by atoms with Crippen LogP contribution >= 0.6 is 0 Å². The summed E-state index contributed by atoms with van der Waals surface area (Å²) in [6.07, 6.45) is 0. The molecule has 0 bridgehead atoms. The largest absolute Gasteiger partial charge is 0.368 e. The Hall–Kier alpha value is -1.21. The van der Waals surface area contributed by atoms with E-state index in [4.69, 9.17) is 0 Å². The van der Waals surface area contributed by atoms with Crippen molar-refractivity contribution in [1.82, 2.24) is 5.32 Å². The van der Waals surface area contributed by atoms with Gasteiger partial charge in [-0.25, -0.2) is 8.42 Å². The van der Waals surface area contributed by atoms with E-state index < -0.39 is 15.6 Å². The predicted octanol–water partition coefficient (Wildman–Crippen LogP) is 1.09. The molecule has 0 aliphatic carbocycles. The van der Waals surface area contributed by atoms with Crippen molar-refractivity contribution in [1.29, 1.82) is 0 Å². The molecule has 0 aromatic heterocycles. The van der Waals surface area contributed by atoms with Gasteiger partial charge in [0.1, 0.15) is 0 Å². The van der Waals surface area contributed by atoms with Crippen LogP contribution < -0.4 is 10.2 Å². The minimum absolute atomic E-state index is 0.290. The SMILES string of the molecule is O=S(=O)(c1ccccc1N1CCNCC1)C(F)F. The number of anilines is 1. The molecule has 1 saturated heterocycles. The first kappa shape index (κ1) is 13.2. The van der Waals surface area contributed by atoms with Gasteiger partial charge in [-0.05, 0) is 12.1 Å². The van der Waals surface area contributed by atoms with E-state index in [1.54, 1.807) is 12.1 Å². The summed E-state index contributed by atoms with van der Waals surface area (Å²) in [6, 6.07) is 5.92. The van der Waals surface area contributed by atoms with E-state index in [0.717, 1.165) is 0 Å². The van der Waals surface area contributed by atoms with Gasteiger partial charge in [0.15, 0.2) is 0 Å². The van der Waals surface area contributed by atoms with Gasteiger partial charge in [0.2, 0.25) is 9.84 Å². The summed E-state index contributed by atoms with van der Waals surface area (Å²) in [5.41, 5.74) is 0.360. The quantitative estimate of drug-likeness (QED) is 0.898. The van der Waals surface area contributed by atoms with Crippen molar-refractivity contribution in [2.24, 2.45) is 0 Å². The van der Waals surface area contributed by atoms with Crippen molar-refractivity contribution >= 4 is 15.5 Å². The normalized spacial score (nSPS) is 17.2. The maximum Gasteiger partial charge on any atom is 0.341 e. The highest BCUT2D eigenvalue weighted by Crippen LogP contribution is 2.29. The average Bonchev–Trinajstić information content (AvgIpc) is 2.39. The smallest absolute Gasteiger partial charge is 0.341 e. The molecule has 0 atom stereocenters. The van der Waals surface area contributed by atoms with Crippen molar-refractivity contribution in [2.75, 3.05) is 31.1 Å². The van der Waals surface area contributed by atoms with Gasteiger partial charge in [0.05, 0.1) is 10.6 Å². The maximum absolute atomic E-state index is 12.6. The van der Waals surface area contributed by atoms with Gasteiger partial charge in [0, 0.05) is 26.2 Å². The Labute approximate surface area is 105 Å². The summed E-state index contributed by atoms with van der Waals surface area (Å²) in [4.78, 5) is 1.52. The second-order valence-electron chi connectivity index (χ2n) is 4.01. The lowest BCUT2D eigenvalue weighted by atomic mass is 10.2. The molecule has 2 rings (SSSR count). The molecule has 0 spiro atoms. The molecule has 100 valence electrons. The Morgan fingerprint density at radius 1 is 1.17 bits per heavy atom. The van der Waals surface area contributed by atoms with Crippen molar-refractivity contribution < 1.29 is 17.2 Å². The van der Waals surface area contributed by atoms with Crippen LogP contribution in [0.5, 0.6) is 0 Å². The van der Waals surface area contributed by atoms with E-state index in [-0.39, 0.29) is 4.90 Å². The molecule has 1 N–H and O–H groups in total. The van der Waals surface area contributed by atoms with E-state index in [1.165, 1.54) is 12.1 Å². The highest BCUT2D eigenvalue weighted by atomic mass is 32.2. The molecule has 1 aromatic carbocycles. The zero-order valence-corrected chi connectivity index (χ0v) is 10.5. The number of halogens is 2. The molecule has 1 aromatic rings. The maximum atomic E-state index is 12.6. The van der Waals surface area contributed by atoms with E-state index in [2.05, 4.69) is 5.32 Å². The van der Waals surface area contributed by atoms with Gasteiger partial charge in [0.25, 0.3) is 0 Å². The number of nitrogens with zero attached hydrogens (tertiary/aromatic N) is 1. The molecule has 0 unspecified atom stereocenters. The van der Waals surface area contributed by atoms with Gasteiger partial charge in [-0.3, -0.25) is 0 Å². The topological polar surface area (TPSA) is 49.4 Å². The first-order chi connectivity index (χ1) is 8.53. The van der Waals surface area contributed by atoms with Gasteiger partial charge >= 0.3 is 5.76 Å². The summed E-state index contributed by atoms with van der Waals surface area (Å²) in [5, 5.41) is 3.13. The number of para-hydroxylation sites is 1. The van der Waals surface area contributed by atoms with Crippen LogP contribution in [-0.4, -0.2) is 40.4 Å². The molecule has 7 heteroatoms. The lowest BCUT2D eigenvalue weighted by Crippen LogP contribution is -2.44. The van der Waals surface area contributed by atoms with Crippen LogP contribution in [0, 0.1) is 0 Å². The highest BCUT2D eigenvalue weighted by Gasteiger charge is 2.30. The number of hydrogen-bond donors (Lipinski definition) is 1. The van der Waals surface area contributed by atoms with Crippen molar-refractivity contribution in [3.63, 3.8) is 0 Å². The lowest BCUT2D eigenvalue weighted by molar-refractivity contribution is 0.235. The summed E-state index contributed by atoms with van der Waals surface area (Å²) in [6.45, 7) is 2.64. The third kappa shape index (κ3) is 2.46. The number of hydrogen-bond acceptors (Lipinski definition) is 4. The minimum atomic E-state index is -4.55. The summed E-state index contributed by atoms with van der Waals surface area (Å²) in [5.74, 6) is -3.39. The molecule has 0 saturated carbocycles. The fraction of sp³-hybridized carbons (Fsp3) is 0.455. The molecule has 1 fully saturated rings. The standard InChI is InChI=1S/C11H14F2N2O2S/c12-11(13)18(16,17)10-4-2-1-3-9(10)15-7-5-14-6-8-15/h1-4,11,14H,5-8H2. The van der Waals surface area contributed by atoms with E-state index >= 15 is 0 Å². The fourth-order valence-corrected chi connectivity index (χ4v) is 2.91. The van der Waals surface area contributed by atoms with Crippen LogP contribution in [0.1, 0.15) is 0 Å². The van der Waals surface area contributed by atoms with Gasteiger partial charge in [-0.15, -0.1) is 0 Å². The molecule has 1 aliphatic heterocycles. The molecule has 0 radical (unpaired) electrons. The van der Waals surface area contributed by atoms with Crippen LogP contribution in [0.4, 0.5) is 14.5 Å². The molecule has 1 heterocycles. The zero-order valence-electron chi connectivity index (χ0n) is 9.64. The minimum Gasteiger partial charge on any atom is -0.368 e.